The summed E-state index contributed by atoms with van der Waals surface area (Å²) in [5.41, 5.74) is 2.55. The molecule has 1 aromatic carbocycles. The average Bonchev–Trinajstić information content (AvgIpc) is 2.18. The molecule has 0 aliphatic carbocycles. The number of carbonyl (C=O) groups excluding carboxylic acids is 1. The first-order chi connectivity index (χ1) is 7.13. The molecule has 1 atom stereocenters. The van der Waals surface area contributed by atoms with Crippen LogP contribution in [0.1, 0.15) is 37.8 Å². The molecule has 2 nitrogen and oxygen atoms in total. The molecule has 0 saturated carbocycles. The molecule has 0 bridgehead atoms. The molecular formula is C13H17NO. The molecule has 0 saturated heterocycles. The van der Waals surface area contributed by atoms with Crippen molar-refractivity contribution in [2.24, 2.45) is 4.99 Å². The summed E-state index contributed by atoms with van der Waals surface area (Å²) in [6, 6.07) is 8.50. The Morgan fingerprint density at radius 2 is 1.80 bits per heavy atom. The normalized spacial score (nSPS) is 12.3. The number of nitrogens with zero attached hydrogens (tertiary/aromatic N) is 1. The zero-order chi connectivity index (χ0) is 11.3. The molecule has 0 fully saturated rings. The number of hydrogen-bond donors (Lipinski definition) is 0. The van der Waals surface area contributed by atoms with Crippen LogP contribution < -0.4 is 0 Å². The van der Waals surface area contributed by atoms with Gasteiger partial charge in [0.1, 0.15) is 0 Å². The summed E-state index contributed by atoms with van der Waals surface area (Å²) in [7, 11) is 0. The van der Waals surface area contributed by atoms with Crippen LogP contribution in [-0.4, -0.2) is 12.1 Å². The fourth-order valence-electron chi connectivity index (χ4n) is 1.52. The van der Waals surface area contributed by atoms with Gasteiger partial charge < -0.3 is 0 Å². The van der Waals surface area contributed by atoms with Crippen molar-refractivity contribution in [3.63, 3.8) is 0 Å². The Bertz CT molecular complexity index is 347. The monoisotopic (exact) mass is 203 g/mol. The van der Waals surface area contributed by atoms with Gasteiger partial charge in [0.2, 0.25) is 6.08 Å². The molecule has 0 N–H and O–H groups in total. The molecule has 2 heteroatoms. The van der Waals surface area contributed by atoms with E-state index in [4.69, 9.17) is 0 Å². The summed E-state index contributed by atoms with van der Waals surface area (Å²) in [4.78, 5) is 13.7. The molecule has 80 valence electrons. The first-order valence-corrected chi connectivity index (χ1v) is 5.29. The van der Waals surface area contributed by atoms with Crippen molar-refractivity contribution in [2.75, 3.05) is 0 Å². The van der Waals surface area contributed by atoms with E-state index >= 15 is 0 Å². The Labute approximate surface area is 91.0 Å². The molecular weight excluding hydrogens is 186 g/mol. The molecule has 0 aromatic heterocycles. The quantitative estimate of drug-likeness (QED) is 0.546. The van der Waals surface area contributed by atoms with Crippen molar-refractivity contribution >= 4 is 6.08 Å². The maximum absolute atomic E-state index is 10.1. The van der Waals surface area contributed by atoms with E-state index in [1.54, 1.807) is 6.08 Å². The van der Waals surface area contributed by atoms with Gasteiger partial charge >= 0.3 is 0 Å². The topological polar surface area (TPSA) is 29.4 Å². The molecule has 0 aliphatic heterocycles. The minimum absolute atomic E-state index is 0.0207. The number of benzene rings is 1. The maximum Gasteiger partial charge on any atom is 0.235 e. The van der Waals surface area contributed by atoms with Crippen molar-refractivity contribution < 1.29 is 4.79 Å². The van der Waals surface area contributed by atoms with E-state index < -0.39 is 0 Å². The van der Waals surface area contributed by atoms with Crippen LogP contribution in [0.2, 0.25) is 0 Å². The Hall–Kier alpha value is -1.40. The van der Waals surface area contributed by atoms with Gasteiger partial charge in [-0.3, -0.25) is 0 Å². The lowest BCUT2D eigenvalue weighted by atomic mass is 10.00. The highest BCUT2D eigenvalue weighted by Gasteiger charge is 2.02. The summed E-state index contributed by atoms with van der Waals surface area (Å²) >= 11 is 0. The van der Waals surface area contributed by atoms with Gasteiger partial charge in [-0.2, -0.15) is 0 Å². The lowest BCUT2D eigenvalue weighted by molar-refractivity contribution is 0.558. The van der Waals surface area contributed by atoms with Crippen molar-refractivity contribution in [3.8, 4) is 0 Å². The minimum atomic E-state index is 0.0207. The predicted molar refractivity (Wildman–Crippen MR) is 61.8 cm³/mol. The van der Waals surface area contributed by atoms with Gasteiger partial charge in [0, 0.05) is 0 Å². The van der Waals surface area contributed by atoms with Crippen molar-refractivity contribution in [3.05, 3.63) is 35.4 Å². The Kier molecular flexibility index (Phi) is 4.26. The highest BCUT2D eigenvalue weighted by molar-refractivity contribution is 5.34. The second kappa shape index (κ2) is 5.47. The van der Waals surface area contributed by atoms with Crippen molar-refractivity contribution in [2.45, 2.75) is 39.2 Å². The number of isocyanates is 1. The smallest absolute Gasteiger partial charge is 0.211 e. The Morgan fingerprint density at radius 3 is 2.27 bits per heavy atom. The first-order valence-electron chi connectivity index (χ1n) is 5.29. The summed E-state index contributed by atoms with van der Waals surface area (Å²) < 4.78 is 0. The molecule has 1 aromatic rings. The number of rotatable bonds is 4. The van der Waals surface area contributed by atoms with Crippen LogP contribution >= 0.6 is 0 Å². The molecule has 1 unspecified atom stereocenters. The SMILES string of the molecule is CC(Cc1ccc(C(C)C)cc1)N=C=O. The first kappa shape index (κ1) is 11.7. The van der Waals surface area contributed by atoms with Crippen molar-refractivity contribution in [1.82, 2.24) is 0 Å². The second-order valence-electron chi connectivity index (χ2n) is 4.17. The van der Waals surface area contributed by atoms with Crippen LogP contribution in [0.15, 0.2) is 29.3 Å². The van der Waals surface area contributed by atoms with Gasteiger partial charge in [0.05, 0.1) is 6.04 Å². The summed E-state index contributed by atoms with van der Waals surface area (Å²) in [6.45, 7) is 6.27. The van der Waals surface area contributed by atoms with Gasteiger partial charge in [-0.05, 0) is 30.4 Å². The van der Waals surface area contributed by atoms with E-state index in [0.29, 0.717) is 5.92 Å². The van der Waals surface area contributed by atoms with Crippen LogP contribution in [0.4, 0.5) is 0 Å². The molecule has 1 rings (SSSR count). The fraction of sp³-hybridized carbons (Fsp3) is 0.462. The number of hydrogen-bond acceptors (Lipinski definition) is 2. The van der Waals surface area contributed by atoms with Crippen molar-refractivity contribution in [1.29, 1.82) is 0 Å². The Balaban J connectivity index is 2.68. The van der Waals surface area contributed by atoms with E-state index in [-0.39, 0.29) is 6.04 Å². The van der Waals surface area contributed by atoms with Gasteiger partial charge in [0.25, 0.3) is 0 Å². The Morgan fingerprint density at radius 1 is 1.20 bits per heavy atom. The third-order valence-corrected chi connectivity index (χ3v) is 2.45. The molecule has 0 radical (unpaired) electrons. The van der Waals surface area contributed by atoms with E-state index in [0.717, 1.165) is 6.42 Å². The van der Waals surface area contributed by atoms with E-state index in [1.807, 2.05) is 6.92 Å². The van der Waals surface area contributed by atoms with Crippen LogP contribution in [0.25, 0.3) is 0 Å². The van der Waals surface area contributed by atoms with Gasteiger partial charge in [-0.15, -0.1) is 0 Å². The van der Waals surface area contributed by atoms with Crippen LogP contribution in [-0.2, 0) is 11.2 Å². The van der Waals surface area contributed by atoms with E-state index in [2.05, 4.69) is 43.1 Å². The lowest BCUT2D eigenvalue weighted by Gasteiger charge is -2.08. The van der Waals surface area contributed by atoms with Gasteiger partial charge in [-0.1, -0.05) is 38.1 Å². The van der Waals surface area contributed by atoms with E-state index in [1.165, 1.54) is 11.1 Å². The predicted octanol–water partition coefficient (Wildman–Crippen LogP) is 3.08. The molecule has 15 heavy (non-hydrogen) atoms. The van der Waals surface area contributed by atoms with E-state index in [9.17, 15) is 4.79 Å². The summed E-state index contributed by atoms with van der Waals surface area (Å²) in [5.74, 6) is 0.560. The van der Waals surface area contributed by atoms with Gasteiger partial charge in [-0.25, -0.2) is 9.79 Å². The highest BCUT2D eigenvalue weighted by Crippen LogP contribution is 2.15. The highest BCUT2D eigenvalue weighted by atomic mass is 16.1. The third kappa shape index (κ3) is 3.69. The zero-order valence-corrected chi connectivity index (χ0v) is 9.53. The van der Waals surface area contributed by atoms with Crippen LogP contribution in [0, 0.1) is 0 Å². The second-order valence-corrected chi connectivity index (χ2v) is 4.17. The third-order valence-electron chi connectivity index (χ3n) is 2.45. The average molecular weight is 203 g/mol. The van der Waals surface area contributed by atoms with Crippen LogP contribution in [0.3, 0.4) is 0 Å². The summed E-state index contributed by atoms with van der Waals surface area (Å²) in [5, 5.41) is 0. The maximum atomic E-state index is 10.1. The standard InChI is InChI=1S/C13H17NO/c1-10(2)13-6-4-12(5-7-13)8-11(3)14-9-15/h4-7,10-11H,8H2,1-3H3. The molecule has 0 amide bonds. The van der Waals surface area contributed by atoms with Gasteiger partial charge in [0.15, 0.2) is 0 Å². The molecule has 0 heterocycles. The molecule has 0 aliphatic rings. The zero-order valence-electron chi connectivity index (χ0n) is 9.53. The molecule has 0 spiro atoms. The fourth-order valence-corrected chi connectivity index (χ4v) is 1.52. The minimum Gasteiger partial charge on any atom is -0.211 e. The van der Waals surface area contributed by atoms with Crippen LogP contribution in [0.5, 0.6) is 0 Å². The largest absolute Gasteiger partial charge is 0.235 e. The number of aliphatic imine (C=N–C) groups is 1. The summed E-state index contributed by atoms with van der Waals surface area (Å²) in [6.07, 6.45) is 2.39. The lowest BCUT2D eigenvalue weighted by Crippen LogP contribution is -2.02.